The highest BCUT2D eigenvalue weighted by Gasteiger charge is 2.15. The lowest BCUT2D eigenvalue weighted by molar-refractivity contribution is -0.118. The second kappa shape index (κ2) is 8.37. The number of sulfonamides is 1. The second-order valence-corrected chi connectivity index (χ2v) is 8.56. The van der Waals surface area contributed by atoms with Crippen LogP contribution in [0.2, 0.25) is 0 Å². The molecular weight excluding hydrogens is 416 g/mol. The van der Waals surface area contributed by atoms with Crippen LogP contribution in [0.3, 0.4) is 0 Å². The Hall–Kier alpha value is -3.31. The van der Waals surface area contributed by atoms with Gasteiger partial charge in [0.05, 0.1) is 9.77 Å². The zero-order valence-corrected chi connectivity index (χ0v) is 16.8. The first kappa shape index (κ1) is 20.4. The molecule has 0 atom stereocenters. The van der Waals surface area contributed by atoms with E-state index in [-0.39, 0.29) is 11.4 Å². The van der Waals surface area contributed by atoms with E-state index in [2.05, 4.69) is 10.4 Å². The van der Waals surface area contributed by atoms with E-state index in [0.717, 1.165) is 16.5 Å². The van der Waals surface area contributed by atoms with E-state index in [9.17, 15) is 22.8 Å². The van der Waals surface area contributed by atoms with E-state index in [1.54, 1.807) is 6.07 Å². The Morgan fingerprint density at radius 1 is 1.10 bits per heavy atom. The summed E-state index contributed by atoms with van der Waals surface area (Å²) in [4.78, 5) is 36.0. The van der Waals surface area contributed by atoms with Crippen LogP contribution in [0.4, 0.5) is 5.69 Å². The smallest absolute Gasteiger partial charge is 0.267 e. The van der Waals surface area contributed by atoms with Gasteiger partial charge in [0.25, 0.3) is 15.6 Å². The zero-order valence-electron chi connectivity index (χ0n) is 15.2. The monoisotopic (exact) mass is 432 g/mol. The van der Waals surface area contributed by atoms with Gasteiger partial charge in [-0.3, -0.25) is 14.4 Å². The molecule has 29 heavy (non-hydrogen) atoms. The summed E-state index contributed by atoms with van der Waals surface area (Å²) in [5, 5.41) is 8.66. The highest BCUT2D eigenvalue weighted by Crippen LogP contribution is 2.21. The summed E-state index contributed by atoms with van der Waals surface area (Å²) in [6, 6.07) is 11.9. The van der Waals surface area contributed by atoms with Crippen LogP contribution in [-0.2, 0) is 26.2 Å². The molecule has 0 saturated carbocycles. The van der Waals surface area contributed by atoms with E-state index in [1.807, 2.05) is 22.2 Å². The molecule has 0 aliphatic carbocycles. The van der Waals surface area contributed by atoms with Crippen molar-refractivity contribution < 1.29 is 18.0 Å². The number of nitrogens with one attached hydrogen (secondary N) is 2. The minimum atomic E-state index is -3.95. The van der Waals surface area contributed by atoms with Crippen LogP contribution in [-0.4, -0.2) is 30.0 Å². The van der Waals surface area contributed by atoms with Crippen molar-refractivity contribution in [2.45, 2.75) is 18.4 Å². The quantitative estimate of drug-likeness (QED) is 0.607. The van der Waals surface area contributed by atoms with Crippen molar-refractivity contribution in [2.75, 3.05) is 5.32 Å². The number of hydrogen-bond acceptors (Lipinski definition) is 7. The summed E-state index contributed by atoms with van der Waals surface area (Å²) in [5.41, 5.74) is 0.497. The molecule has 11 heteroatoms. The number of amides is 2. The third-order valence-corrected chi connectivity index (χ3v) is 6.00. The largest absolute Gasteiger partial charge is 0.324 e. The lowest BCUT2D eigenvalue weighted by Gasteiger charge is -2.09. The van der Waals surface area contributed by atoms with Gasteiger partial charge in [-0.15, -0.1) is 11.3 Å². The molecule has 9 nitrogen and oxygen atoms in total. The zero-order chi connectivity index (χ0) is 21.0. The lowest BCUT2D eigenvalue weighted by Crippen LogP contribution is -2.29. The van der Waals surface area contributed by atoms with Gasteiger partial charge in [-0.1, -0.05) is 6.07 Å². The first-order valence-corrected chi connectivity index (χ1v) is 10.7. The average molecular weight is 432 g/mol. The third-order valence-electron chi connectivity index (χ3n) is 3.66. The second-order valence-electron chi connectivity index (χ2n) is 5.93. The Morgan fingerprint density at radius 3 is 2.45 bits per heavy atom. The number of rotatable bonds is 6. The number of aromatic nitrogens is 2. The van der Waals surface area contributed by atoms with E-state index in [1.165, 1.54) is 41.7 Å². The molecule has 0 bridgehead atoms. The fourth-order valence-corrected chi connectivity index (χ4v) is 4.10. The molecule has 3 rings (SSSR count). The SMILES string of the molecule is CC(=O)NS(=O)(=O)c1ccc(NC(=O)Cn2nc(-c3cccs3)ccc2=O)cc1. The van der Waals surface area contributed by atoms with E-state index in [4.69, 9.17) is 0 Å². The first-order valence-electron chi connectivity index (χ1n) is 8.30. The van der Waals surface area contributed by atoms with Crippen LogP contribution >= 0.6 is 11.3 Å². The Morgan fingerprint density at radius 2 is 1.83 bits per heavy atom. The van der Waals surface area contributed by atoms with Gasteiger partial charge in [0.15, 0.2) is 0 Å². The fraction of sp³-hybridized carbons (Fsp3) is 0.111. The molecule has 0 unspecified atom stereocenters. The van der Waals surface area contributed by atoms with Crippen molar-refractivity contribution in [1.82, 2.24) is 14.5 Å². The van der Waals surface area contributed by atoms with Gasteiger partial charge in [-0.05, 0) is 41.8 Å². The minimum absolute atomic E-state index is 0.118. The fourth-order valence-electron chi connectivity index (χ4n) is 2.42. The maximum atomic E-state index is 12.3. The van der Waals surface area contributed by atoms with Crippen LogP contribution in [0.5, 0.6) is 0 Å². The van der Waals surface area contributed by atoms with Crippen LogP contribution in [0, 0.1) is 0 Å². The topological polar surface area (TPSA) is 127 Å². The maximum Gasteiger partial charge on any atom is 0.267 e. The molecule has 2 N–H and O–H groups in total. The van der Waals surface area contributed by atoms with Gasteiger partial charge in [0.2, 0.25) is 11.8 Å². The molecule has 0 radical (unpaired) electrons. The third kappa shape index (κ3) is 5.15. The number of carbonyl (C=O) groups is 2. The van der Waals surface area contributed by atoms with Gasteiger partial charge in [0.1, 0.15) is 12.2 Å². The number of nitrogens with zero attached hydrogens (tertiary/aromatic N) is 2. The molecule has 2 heterocycles. The van der Waals surface area contributed by atoms with Crippen molar-refractivity contribution in [2.24, 2.45) is 0 Å². The maximum absolute atomic E-state index is 12.3. The molecule has 0 spiro atoms. The van der Waals surface area contributed by atoms with Gasteiger partial charge in [-0.2, -0.15) is 5.10 Å². The Bertz CT molecular complexity index is 1200. The number of anilines is 1. The highest BCUT2D eigenvalue weighted by atomic mass is 32.2. The first-order chi connectivity index (χ1) is 13.7. The van der Waals surface area contributed by atoms with Crippen molar-refractivity contribution in [1.29, 1.82) is 0 Å². The van der Waals surface area contributed by atoms with E-state index >= 15 is 0 Å². The van der Waals surface area contributed by atoms with Gasteiger partial charge in [-0.25, -0.2) is 17.8 Å². The molecular formula is C18H16N4O5S2. The standard InChI is InChI=1S/C18H16N4O5S2/c1-12(23)21-29(26,27)14-6-4-13(5-7-14)19-17(24)11-22-18(25)9-8-15(20-22)16-3-2-10-28-16/h2-10H,11H2,1H3,(H,19,24)(H,21,23). The van der Waals surface area contributed by atoms with Gasteiger partial charge >= 0.3 is 0 Å². The van der Waals surface area contributed by atoms with Crippen molar-refractivity contribution >= 4 is 38.9 Å². The predicted octanol–water partition coefficient (Wildman–Crippen LogP) is 1.44. The Kier molecular flexibility index (Phi) is 5.89. The van der Waals surface area contributed by atoms with Crippen LogP contribution in [0.15, 0.2) is 63.6 Å². The van der Waals surface area contributed by atoms with Crippen LogP contribution < -0.4 is 15.6 Å². The van der Waals surface area contributed by atoms with Crippen molar-refractivity contribution in [3.63, 3.8) is 0 Å². The molecule has 0 saturated heterocycles. The number of benzene rings is 1. The predicted molar refractivity (Wildman–Crippen MR) is 108 cm³/mol. The highest BCUT2D eigenvalue weighted by molar-refractivity contribution is 7.90. The number of hydrogen-bond donors (Lipinski definition) is 2. The molecule has 2 amide bonds. The van der Waals surface area contributed by atoms with Gasteiger partial charge in [0, 0.05) is 18.7 Å². The molecule has 0 fully saturated rings. The molecule has 150 valence electrons. The molecule has 0 aliphatic heterocycles. The van der Waals surface area contributed by atoms with Crippen molar-refractivity contribution in [3.8, 4) is 10.6 Å². The van der Waals surface area contributed by atoms with E-state index in [0.29, 0.717) is 11.4 Å². The lowest BCUT2D eigenvalue weighted by atomic mass is 10.3. The van der Waals surface area contributed by atoms with Crippen LogP contribution in [0.25, 0.3) is 10.6 Å². The Labute approximate surface area is 170 Å². The summed E-state index contributed by atoms with van der Waals surface area (Å²) >= 11 is 1.47. The van der Waals surface area contributed by atoms with Crippen molar-refractivity contribution in [3.05, 3.63) is 64.3 Å². The molecule has 1 aromatic carbocycles. The number of thiophene rings is 1. The summed E-state index contributed by atoms with van der Waals surface area (Å²) < 4.78 is 26.7. The average Bonchev–Trinajstić information content (AvgIpc) is 3.17. The molecule has 2 aromatic heterocycles. The summed E-state index contributed by atoms with van der Waals surface area (Å²) in [6.07, 6.45) is 0. The van der Waals surface area contributed by atoms with Crippen LogP contribution in [0.1, 0.15) is 6.92 Å². The van der Waals surface area contributed by atoms with E-state index < -0.39 is 27.4 Å². The molecule has 3 aromatic rings. The summed E-state index contributed by atoms with van der Waals surface area (Å²) in [6.45, 7) is 0.791. The number of carbonyl (C=O) groups excluding carboxylic acids is 2. The summed E-state index contributed by atoms with van der Waals surface area (Å²) in [7, 11) is -3.95. The molecule has 0 aliphatic rings. The summed E-state index contributed by atoms with van der Waals surface area (Å²) in [5.74, 6) is -1.20. The van der Waals surface area contributed by atoms with Gasteiger partial charge < -0.3 is 5.32 Å². The normalized spacial score (nSPS) is 11.1. The Balaban J connectivity index is 1.71. The minimum Gasteiger partial charge on any atom is -0.324 e.